The molecule has 1 saturated carbocycles. The van der Waals surface area contributed by atoms with E-state index in [4.69, 9.17) is 4.74 Å². The Morgan fingerprint density at radius 2 is 2.09 bits per heavy atom. The predicted molar refractivity (Wildman–Crippen MR) is 86.0 cm³/mol. The van der Waals surface area contributed by atoms with E-state index in [1.807, 2.05) is 6.92 Å². The zero-order valence-electron chi connectivity index (χ0n) is 13.9. The lowest BCUT2D eigenvalue weighted by atomic mass is 9.58. The highest BCUT2D eigenvalue weighted by Gasteiger charge is 2.53. The summed E-state index contributed by atoms with van der Waals surface area (Å²) in [4.78, 5) is 24.0. The second-order valence-electron chi connectivity index (χ2n) is 6.01. The Kier molecular flexibility index (Phi) is 5.06. The normalized spacial score (nSPS) is 22.9. The summed E-state index contributed by atoms with van der Waals surface area (Å²) in [6.07, 6.45) is 4.60. The van der Waals surface area contributed by atoms with E-state index in [1.54, 1.807) is 19.3 Å². The first-order chi connectivity index (χ1) is 10.5. The van der Waals surface area contributed by atoms with Gasteiger partial charge in [-0.3, -0.25) is 9.59 Å². The molecule has 0 spiro atoms. The molecule has 22 heavy (non-hydrogen) atoms. The number of nitrogens with one attached hydrogen (secondary N) is 1. The Bertz CT molecular complexity index is 590. The second-order valence-corrected chi connectivity index (χ2v) is 6.01. The average Bonchev–Trinajstić information content (AvgIpc) is 2.50. The molecule has 0 radical (unpaired) electrons. The summed E-state index contributed by atoms with van der Waals surface area (Å²) >= 11 is 0. The molecular formula is C17H26N2O3. The molecule has 1 aromatic heterocycles. The SMILES string of the molecule is CCO[C@H]1C[C@H](NC(=O)c2ccn(C)c(=O)c2)C1(CC)CC. The van der Waals surface area contributed by atoms with E-state index in [0.29, 0.717) is 12.2 Å². The van der Waals surface area contributed by atoms with Crippen LogP contribution in [-0.4, -0.2) is 29.2 Å². The van der Waals surface area contributed by atoms with E-state index in [2.05, 4.69) is 19.2 Å². The fourth-order valence-electron chi connectivity index (χ4n) is 3.51. The topological polar surface area (TPSA) is 60.3 Å². The Labute approximate surface area is 131 Å². The standard InChI is InChI=1S/C17H26N2O3/c1-5-17(6-2)13(11-14(17)22-7-3)18-16(21)12-8-9-19(4)15(20)10-12/h8-10,13-14H,5-7,11H2,1-4H3,(H,18,21)/t13-,14-/m0/s1. The number of carbonyl (C=O) groups excluding carboxylic acids is 1. The first-order valence-corrected chi connectivity index (χ1v) is 8.07. The molecule has 1 aliphatic carbocycles. The van der Waals surface area contributed by atoms with Crippen molar-refractivity contribution < 1.29 is 9.53 Å². The monoisotopic (exact) mass is 306 g/mol. The first-order valence-electron chi connectivity index (χ1n) is 8.07. The van der Waals surface area contributed by atoms with Crippen molar-refractivity contribution in [3.8, 4) is 0 Å². The highest BCUT2D eigenvalue weighted by Crippen LogP contribution is 2.48. The third-order valence-corrected chi connectivity index (χ3v) is 5.14. The molecule has 2 rings (SSSR count). The minimum Gasteiger partial charge on any atom is -0.378 e. The predicted octanol–water partition coefficient (Wildman–Crippen LogP) is 2.10. The van der Waals surface area contributed by atoms with Crippen LogP contribution in [0, 0.1) is 5.41 Å². The number of aromatic nitrogens is 1. The van der Waals surface area contributed by atoms with Crippen molar-refractivity contribution in [2.75, 3.05) is 6.61 Å². The van der Waals surface area contributed by atoms with Gasteiger partial charge in [0.1, 0.15) is 0 Å². The van der Waals surface area contributed by atoms with Crippen molar-refractivity contribution in [3.05, 3.63) is 34.2 Å². The summed E-state index contributed by atoms with van der Waals surface area (Å²) in [5.74, 6) is -0.177. The number of amides is 1. The van der Waals surface area contributed by atoms with Crippen LogP contribution in [0.3, 0.4) is 0 Å². The zero-order chi connectivity index (χ0) is 16.3. The van der Waals surface area contributed by atoms with Crippen LogP contribution in [0.25, 0.3) is 0 Å². The van der Waals surface area contributed by atoms with Crippen molar-refractivity contribution >= 4 is 5.91 Å². The maximum atomic E-state index is 12.4. The van der Waals surface area contributed by atoms with Gasteiger partial charge in [0.25, 0.3) is 11.5 Å². The summed E-state index contributed by atoms with van der Waals surface area (Å²) in [6.45, 7) is 6.99. The van der Waals surface area contributed by atoms with Crippen molar-refractivity contribution in [2.45, 2.75) is 52.2 Å². The van der Waals surface area contributed by atoms with Gasteiger partial charge in [-0.25, -0.2) is 0 Å². The Morgan fingerprint density at radius 3 is 2.64 bits per heavy atom. The maximum absolute atomic E-state index is 12.4. The summed E-state index contributed by atoms with van der Waals surface area (Å²) in [5.41, 5.74) is 0.251. The number of rotatable bonds is 6. The molecule has 0 bridgehead atoms. The van der Waals surface area contributed by atoms with Gasteiger partial charge in [-0.2, -0.15) is 0 Å². The van der Waals surface area contributed by atoms with Crippen LogP contribution in [0.1, 0.15) is 50.4 Å². The molecule has 0 aromatic carbocycles. The number of aryl methyl sites for hydroxylation is 1. The summed E-state index contributed by atoms with van der Waals surface area (Å²) in [7, 11) is 1.67. The summed E-state index contributed by atoms with van der Waals surface area (Å²) in [6, 6.07) is 3.17. The smallest absolute Gasteiger partial charge is 0.251 e. The molecule has 1 aliphatic rings. The van der Waals surface area contributed by atoms with Gasteiger partial charge in [-0.15, -0.1) is 0 Å². The van der Waals surface area contributed by atoms with Gasteiger partial charge in [0.2, 0.25) is 0 Å². The average molecular weight is 306 g/mol. The third-order valence-electron chi connectivity index (χ3n) is 5.14. The molecule has 2 atom stereocenters. The molecule has 1 fully saturated rings. The second kappa shape index (κ2) is 6.65. The van der Waals surface area contributed by atoms with E-state index in [0.717, 1.165) is 19.3 Å². The number of pyridine rings is 1. The lowest BCUT2D eigenvalue weighted by Gasteiger charge is -2.55. The molecular weight excluding hydrogens is 280 g/mol. The summed E-state index contributed by atoms with van der Waals surface area (Å²) in [5, 5.41) is 3.09. The Balaban J connectivity index is 2.11. The quantitative estimate of drug-likeness (QED) is 0.875. The molecule has 1 aromatic rings. The Morgan fingerprint density at radius 1 is 1.41 bits per heavy atom. The maximum Gasteiger partial charge on any atom is 0.251 e. The molecule has 1 N–H and O–H groups in total. The van der Waals surface area contributed by atoms with E-state index in [-0.39, 0.29) is 29.0 Å². The highest BCUT2D eigenvalue weighted by molar-refractivity contribution is 5.94. The lowest BCUT2D eigenvalue weighted by Crippen LogP contribution is -2.64. The van der Waals surface area contributed by atoms with Gasteiger partial charge in [-0.05, 0) is 32.3 Å². The van der Waals surface area contributed by atoms with Crippen molar-refractivity contribution in [3.63, 3.8) is 0 Å². The number of ether oxygens (including phenoxy) is 1. The van der Waals surface area contributed by atoms with Crippen molar-refractivity contribution in [2.24, 2.45) is 12.5 Å². The van der Waals surface area contributed by atoms with Crippen LogP contribution < -0.4 is 10.9 Å². The largest absolute Gasteiger partial charge is 0.378 e. The van der Waals surface area contributed by atoms with E-state index in [1.165, 1.54) is 10.6 Å². The number of carbonyl (C=O) groups is 1. The van der Waals surface area contributed by atoms with Gasteiger partial charge in [0.15, 0.2) is 0 Å². The van der Waals surface area contributed by atoms with Crippen molar-refractivity contribution in [1.29, 1.82) is 0 Å². The van der Waals surface area contributed by atoms with Crippen LogP contribution in [0.5, 0.6) is 0 Å². The third kappa shape index (κ3) is 2.82. The van der Waals surface area contributed by atoms with Gasteiger partial charge in [0, 0.05) is 42.9 Å². The minimum absolute atomic E-state index is 0.00537. The van der Waals surface area contributed by atoms with E-state index >= 15 is 0 Å². The lowest BCUT2D eigenvalue weighted by molar-refractivity contribution is -0.134. The zero-order valence-corrected chi connectivity index (χ0v) is 13.9. The summed E-state index contributed by atoms with van der Waals surface area (Å²) < 4.78 is 7.28. The first kappa shape index (κ1) is 16.7. The number of nitrogens with zero attached hydrogens (tertiary/aromatic N) is 1. The van der Waals surface area contributed by atoms with Crippen LogP contribution in [0.4, 0.5) is 0 Å². The molecule has 0 aliphatic heterocycles. The number of hydrogen-bond acceptors (Lipinski definition) is 3. The molecule has 5 nitrogen and oxygen atoms in total. The van der Waals surface area contributed by atoms with Gasteiger partial charge >= 0.3 is 0 Å². The van der Waals surface area contributed by atoms with Gasteiger partial charge in [0.05, 0.1) is 6.10 Å². The molecule has 5 heteroatoms. The van der Waals surface area contributed by atoms with Crippen LogP contribution in [-0.2, 0) is 11.8 Å². The molecule has 0 unspecified atom stereocenters. The molecule has 1 amide bonds. The minimum atomic E-state index is -0.177. The van der Waals surface area contributed by atoms with E-state index in [9.17, 15) is 9.59 Å². The molecule has 0 saturated heterocycles. The van der Waals surface area contributed by atoms with Gasteiger partial charge in [-0.1, -0.05) is 13.8 Å². The van der Waals surface area contributed by atoms with Crippen LogP contribution in [0.15, 0.2) is 23.1 Å². The number of hydrogen-bond donors (Lipinski definition) is 1. The molecule has 1 heterocycles. The van der Waals surface area contributed by atoms with Crippen LogP contribution >= 0.6 is 0 Å². The molecule has 122 valence electrons. The van der Waals surface area contributed by atoms with Crippen LogP contribution in [0.2, 0.25) is 0 Å². The van der Waals surface area contributed by atoms with E-state index < -0.39 is 0 Å². The Hall–Kier alpha value is -1.62. The van der Waals surface area contributed by atoms with Crippen molar-refractivity contribution in [1.82, 2.24) is 9.88 Å². The fourth-order valence-corrected chi connectivity index (χ4v) is 3.51. The fraction of sp³-hybridized carbons (Fsp3) is 0.647. The van der Waals surface area contributed by atoms with Gasteiger partial charge < -0.3 is 14.6 Å². The highest BCUT2D eigenvalue weighted by atomic mass is 16.5.